The summed E-state index contributed by atoms with van der Waals surface area (Å²) in [5.41, 5.74) is 8.07. The van der Waals surface area contributed by atoms with Crippen LogP contribution in [0.3, 0.4) is 0 Å². The topological polar surface area (TPSA) is 59.0 Å². The molecular formula is C15H13FN2O. The molecule has 2 rings (SSSR count). The summed E-state index contributed by atoms with van der Waals surface area (Å²) in [5.74, 6) is 0.174. The molecule has 0 atom stereocenters. The Kier molecular flexibility index (Phi) is 3.39. The number of benzene rings is 2. The van der Waals surface area contributed by atoms with E-state index in [-0.39, 0.29) is 11.3 Å². The molecule has 0 saturated heterocycles. The fourth-order valence-electron chi connectivity index (χ4n) is 1.74. The summed E-state index contributed by atoms with van der Waals surface area (Å²) in [5, 5.41) is 8.96. The van der Waals surface area contributed by atoms with E-state index in [0.717, 1.165) is 11.1 Å². The third-order valence-corrected chi connectivity index (χ3v) is 2.87. The summed E-state index contributed by atoms with van der Waals surface area (Å²) in [6.45, 7) is 3.70. The van der Waals surface area contributed by atoms with Crippen LogP contribution < -0.4 is 10.5 Å². The number of halogens is 1. The first-order chi connectivity index (χ1) is 9.02. The van der Waals surface area contributed by atoms with Gasteiger partial charge in [-0.05, 0) is 49.2 Å². The van der Waals surface area contributed by atoms with Crippen molar-refractivity contribution in [2.75, 3.05) is 5.73 Å². The van der Waals surface area contributed by atoms with Crippen molar-refractivity contribution >= 4 is 5.69 Å². The lowest BCUT2D eigenvalue weighted by Crippen LogP contribution is -1.96. The molecule has 2 aromatic carbocycles. The Bertz CT molecular complexity index is 675. The minimum Gasteiger partial charge on any atom is -0.456 e. The van der Waals surface area contributed by atoms with Crippen molar-refractivity contribution in [1.82, 2.24) is 0 Å². The SMILES string of the molecule is Cc1cc(Oc2cccc(F)c2C#N)c(C)cc1N. The van der Waals surface area contributed by atoms with Crippen molar-refractivity contribution in [2.24, 2.45) is 0 Å². The number of nitriles is 1. The molecular weight excluding hydrogens is 243 g/mol. The van der Waals surface area contributed by atoms with Crippen molar-refractivity contribution in [1.29, 1.82) is 5.26 Å². The van der Waals surface area contributed by atoms with Crippen molar-refractivity contribution in [3.63, 3.8) is 0 Å². The van der Waals surface area contributed by atoms with Crippen LogP contribution >= 0.6 is 0 Å². The molecule has 0 amide bonds. The van der Waals surface area contributed by atoms with Crippen LogP contribution in [0.5, 0.6) is 11.5 Å². The van der Waals surface area contributed by atoms with E-state index in [9.17, 15) is 4.39 Å². The highest BCUT2D eigenvalue weighted by Gasteiger charge is 2.11. The molecule has 4 heteroatoms. The fraction of sp³-hybridized carbons (Fsp3) is 0.133. The van der Waals surface area contributed by atoms with E-state index in [2.05, 4.69) is 0 Å². The van der Waals surface area contributed by atoms with Gasteiger partial charge in [-0.3, -0.25) is 0 Å². The lowest BCUT2D eigenvalue weighted by molar-refractivity contribution is 0.470. The van der Waals surface area contributed by atoms with Crippen molar-refractivity contribution < 1.29 is 9.13 Å². The third-order valence-electron chi connectivity index (χ3n) is 2.87. The number of aryl methyl sites for hydroxylation is 2. The zero-order valence-electron chi connectivity index (χ0n) is 10.7. The monoisotopic (exact) mass is 256 g/mol. The normalized spacial score (nSPS) is 10.0. The molecule has 0 fully saturated rings. The zero-order chi connectivity index (χ0) is 14.0. The van der Waals surface area contributed by atoms with Gasteiger partial charge in [0.05, 0.1) is 0 Å². The van der Waals surface area contributed by atoms with Gasteiger partial charge in [-0.15, -0.1) is 0 Å². The van der Waals surface area contributed by atoms with E-state index in [0.29, 0.717) is 11.4 Å². The summed E-state index contributed by atoms with van der Waals surface area (Å²) >= 11 is 0. The fourth-order valence-corrected chi connectivity index (χ4v) is 1.74. The number of nitrogen functional groups attached to an aromatic ring is 1. The minimum atomic E-state index is -0.593. The maximum absolute atomic E-state index is 13.5. The second kappa shape index (κ2) is 4.99. The van der Waals surface area contributed by atoms with E-state index < -0.39 is 5.82 Å². The molecule has 19 heavy (non-hydrogen) atoms. The van der Waals surface area contributed by atoms with Gasteiger partial charge >= 0.3 is 0 Å². The van der Waals surface area contributed by atoms with Gasteiger partial charge in [0, 0.05) is 5.69 Å². The van der Waals surface area contributed by atoms with Crippen LogP contribution in [0.25, 0.3) is 0 Å². The van der Waals surface area contributed by atoms with E-state index in [1.165, 1.54) is 12.1 Å². The number of hydrogen-bond donors (Lipinski definition) is 1. The largest absolute Gasteiger partial charge is 0.456 e. The summed E-state index contributed by atoms with van der Waals surface area (Å²) < 4.78 is 19.1. The van der Waals surface area contributed by atoms with Crippen LogP contribution in [0, 0.1) is 31.0 Å². The number of hydrogen-bond acceptors (Lipinski definition) is 3. The first-order valence-corrected chi connectivity index (χ1v) is 5.76. The molecule has 0 spiro atoms. The van der Waals surface area contributed by atoms with Crippen molar-refractivity contribution in [2.45, 2.75) is 13.8 Å². The van der Waals surface area contributed by atoms with Crippen LogP contribution in [0.2, 0.25) is 0 Å². The van der Waals surface area contributed by atoms with Crippen LogP contribution in [-0.2, 0) is 0 Å². The van der Waals surface area contributed by atoms with Gasteiger partial charge in [-0.2, -0.15) is 5.26 Å². The molecule has 2 N–H and O–H groups in total. The highest BCUT2D eigenvalue weighted by molar-refractivity contribution is 5.55. The lowest BCUT2D eigenvalue weighted by atomic mass is 10.1. The molecule has 0 aliphatic carbocycles. The van der Waals surface area contributed by atoms with Gasteiger partial charge in [0.15, 0.2) is 0 Å². The number of rotatable bonds is 2. The van der Waals surface area contributed by atoms with Gasteiger partial charge in [-0.1, -0.05) is 6.07 Å². The van der Waals surface area contributed by atoms with E-state index >= 15 is 0 Å². The molecule has 0 aromatic heterocycles. The average Bonchev–Trinajstić information content (AvgIpc) is 2.36. The van der Waals surface area contributed by atoms with Gasteiger partial charge in [-0.25, -0.2) is 4.39 Å². The van der Waals surface area contributed by atoms with Gasteiger partial charge in [0.25, 0.3) is 0 Å². The Labute approximate surface area is 111 Å². The Balaban J connectivity index is 2.45. The molecule has 0 bridgehead atoms. The quantitative estimate of drug-likeness (QED) is 0.833. The number of anilines is 1. The molecule has 3 nitrogen and oxygen atoms in total. The van der Waals surface area contributed by atoms with E-state index in [4.69, 9.17) is 15.7 Å². The van der Waals surface area contributed by atoms with E-state index in [1.807, 2.05) is 13.8 Å². The molecule has 0 saturated carbocycles. The van der Waals surface area contributed by atoms with Gasteiger partial charge < -0.3 is 10.5 Å². The lowest BCUT2D eigenvalue weighted by Gasteiger charge is -2.12. The maximum Gasteiger partial charge on any atom is 0.148 e. The predicted octanol–water partition coefficient (Wildman–Crippen LogP) is 3.69. The van der Waals surface area contributed by atoms with E-state index in [1.54, 1.807) is 24.3 Å². The van der Waals surface area contributed by atoms with Crippen LogP contribution in [0.1, 0.15) is 16.7 Å². The highest BCUT2D eigenvalue weighted by Crippen LogP contribution is 2.31. The first kappa shape index (κ1) is 12.9. The van der Waals surface area contributed by atoms with Crippen molar-refractivity contribution in [3.8, 4) is 17.6 Å². The van der Waals surface area contributed by atoms with Crippen molar-refractivity contribution in [3.05, 3.63) is 52.8 Å². The second-order valence-electron chi connectivity index (χ2n) is 4.30. The molecule has 0 heterocycles. The predicted molar refractivity (Wildman–Crippen MR) is 71.5 cm³/mol. The summed E-state index contributed by atoms with van der Waals surface area (Å²) in [4.78, 5) is 0. The molecule has 2 aromatic rings. The molecule has 0 radical (unpaired) electrons. The summed E-state index contributed by atoms with van der Waals surface area (Å²) in [6, 6.07) is 9.66. The maximum atomic E-state index is 13.5. The van der Waals surface area contributed by atoms with Gasteiger partial charge in [0.2, 0.25) is 0 Å². The van der Waals surface area contributed by atoms with Crippen LogP contribution in [-0.4, -0.2) is 0 Å². The third kappa shape index (κ3) is 2.50. The highest BCUT2D eigenvalue weighted by atomic mass is 19.1. The standard InChI is InChI=1S/C15H13FN2O/c1-9-7-15(10(2)6-13(9)18)19-14-5-3-4-12(16)11(14)8-17/h3-7H,18H2,1-2H3. The molecule has 0 unspecified atom stereocenters. The Morgan fingerprint density at radius 2 is 1.89 bits per heavy atom. The smallest absolute Gasteiger partial charge is 0.148 e. The molecule has 0 aliphatic heterocycles. The summed E-state index contributed by atoms with van der Waals surface area (Å²) in [6.07, 6.45) is 0. The zero-order valence-corrected chi connectivity index (χ0v) is 10.7. The Morgan fingerprint density at radius 3 is 2.58 bits per heavy atom. The van der Waals surface area contributed by atoms with Gasteiger partial charge in [0.1, 0.15) is 28.9 Å². The van der Waals surface area contributed by atoms with Crippen LogP contribution in [0.4, 0.5) is 10.1 Å². The molecule has 96 valence electrons. The first-order valence-electron chi connectivity index (χ1n) is 5.76. The Hall–Kier alpha value is -2.54. The number of nitrogens with two attached hydrogens (primary N) is 1. The second-order valence-corrected chi connectivity index (χ2v) is 4.30. The summed E-state index contributed by atoms with van der Waals surface area (Å²) in [7, 11) is 0. The Morgan fingerprint density at radius 1 is 1.16 bits per heavy atom. The number of ether oxygens (including phenoxy) is 1. The number of nitrogens with zero attached hydrogens (tertiary/aromatic N) is 1. The molecule has 0 aliphatic rings. The average molecular weight is 256 g/mol. The minimum absolute atomic E-state index is 0.101. The van der Waals surface area contributed by atoms with Crippen LogP contribution in [0.15, 0.2) is 30.3 Å².